The lowest BCUT2D eigenvalue weighted by molar-refractivity contribution is -0.152. The van der Waals surface area contributed by atoms with Gasteiger partial charge in [-0.3, -0.25) is 9.59 Å². The third-order valence-electron chi connectivity index (χ3n) is 4.66. The molecule has 120 valence electrons. The van der Waals surface area contributed by atoms with E-state index in [0.717, 1.165) is 16.3 Å². The van der Waals surface area contributed by atoms with E-state index in [2.05, 4.69) is 5.32 Å². The Morgan fingerprint density at radius 1 is 1.13 bits per heavy atom. The first-order valence-corrected chi connectivity index (χ1v) is 8.07. The van der Waals surface area contributed by atoms with E-state index in [4.69, 9.17) is 16.7 Å². The zero-order valence-corrected chi connectivity index (χ0v) is 13.5. The zero-order chi connectivity index (χ0) is 16.6. The van der Waals surface area contributed by atoms with E-state index in [1.165, 1.54) is 0 Å². The number of carboxylic acid groups (broad SMARTS) is 1. The standard InChI is InChI=1S/C18H18ClNO3/c1-10(20-17(21)14-6-7-15(14)18(22)23)11-8-9-16(19)13-5-3-2-4-12(11)13/h2-5,8-10,14-15H,6-7H2,1H3,(H,20,21)(H,22,23). The van der Waals surface area contributed by atoms with Crippen LogP contribution in [0.15, 0.2) is 36.4 Å². The minimum absolute atomic E-state index is 0.185. The number of fused-ring (bicyclic) bond motifs is 1. The van der Waals surface area contributed by atoms with Crippen LogP contribution in [-0.2, 0) is 9.59 Å². The van der Waals surface area contributed by atoms with Crippen molar-refractivity contribution in [3.8, 4) is 0 Å². The second kappa shape index (κ2) is 6.20. The fourth-order valence-corrected chi connectivity index (χ4v) is 3.40. The van der Waals surface area contributed by atoms with Gasteiger partial charge in [-0.2, -0.15) is 0 Å². The molecular formula is C18H18ClNO3. The first kappa shape index (κ1) is 15.8. The van der Waals surface area contributed by atoms with Crippen LogP contribution in [0.25, 0.3) is 10.8 Å². The molecule has 0 saturated heterocycles. The number of aliphatic carboxylic acids is 1. The highest BCUT2D eigenvalue weighted by Crippen LogP contribution is 2.36. The molecule has 1 amide bonds. The molecule has 0 bridgehead atoms. The van der Waals surface area contributed by atoms with Crippen LogP contribution in [0.3, 0.4) is 0 Å². The zero-order valence-electron chi connectivity index (χ0n) is 12.8. The fourth-order valence-electron chi connectivity index (χ4n) is 3.17. The molecule has 0 heterocycles. The van der Waals surface area contributed by atoms with Crippen molar-refractivity contribution in [1.29, 1.82) is 0 Å². The number of carbonyl (C=O) groups is 2. The normalized spacial score (nSPS) is 21.5. The summed E-state index contributed by atoms with van der Waals surface area (Å²) in [7, 11) is 0. The lowest BCUT2D eigenvalue weighted by Crippen LogP contribution is -2.44. The maximum absolute atomic E-state index is 12.3. The maximum atomic E-state index is 12.3. The predicted octanol–water partition coefficient (Wildman–Crippen LogP) is 3.78. The molecule has 0 radical (unpaired) electrons. The van der Waals surface area contributed by atoms with Crippen LogP contribution in [-0.4, -0.2) is 17.0 Å². The Morgan fingerprint density at radius 3 is 2.39 bits per heavy atom. The molecule has 4 nitrogen and oxygen atoms in total. The van der Waals surface area contributed by atoms with Crippen LogP contribution in [0.4, 0.5) is 0 Å². The van der Waals surface area contributed by atoms with E-state index in [1.54, 1.807) is 0 Å². The third kappa shape index (κ3) is 2.91. The molecule has 3 atom stereocenters. The average Bonchev–Trinajstić information content (AvgIpc) is 2.45. The molecule has 3 unspecified atom stereocenters. The number of carbonyl (C=O) groups excluding carboxylic acids is 1. The lowest BCUT2D eigenvalue weighted by atomic mass is 9.73. The molecule has 0 aliphatic heterocycles. The van der Waals surface area contributed by atoms with Crippen molar-refractivity contribution < 1.29 is 14.7 Å². The summed E-state index contributed by atoms with van der Waals surface area (Å²) in [5.41, 5.74) is 0.976. The van der Waals surface area contributed by atoms with Gasteiger partial charge in [-0.05, 0) is 36.8 Å². The van der Waals surface area contributed by atoms with Crippen molar-refractivity contribution in [3.05, 3.63) is 47.0 Å². The van der Waals surface area contributed by atoms with E-state index in [9.17, 15) is 9.59 Å². The van der Waals surface area contributed by atoms with E-state index in [1.807, 2.05) is 43.3 Å². The highest BCUT2D eigenvalue weighted by molar-refractivity contribution is 6.35. The molecule has 1 saturated carbocycles. The molecule has 1 fully saturated rings. The third-order valence-corrected chi connectivity index (χ3v) is 4.99. The van der Waals surface area contributed by atoms with Crippen molar-refractivity contribution in [2.75, 3.05) is 0 Å². The Hall–Kier alpha value is -2.07. The Labute approximate surface area is 139 Å². The van der Waals surface area contributed by atoms with Gasteiger partial charge in [-0.1, -0.05) is 41.9 Å². The SMILES string of the molecule is CC(NC(=O)C1CCC1C(=O)O)c1ccc(Cl)c2ccccc12. The number of carboxylic acids is 1. The van der Waals surface area contributed by atoms with Gasteiger partial charge in [0.2, 0.25) is 5.91 Å². The fraction of sp³-hybridized carbons (Fsp3) is 0.333. The molecule has 2 N–H and O–H groups in total. The monoisotopic (exact) mass is 331 g/mol. The van der Waals surface area contributed by atoms with Crippen LogP contribution < -0.4 is 5.32 Å². The minimum atomic E-state index is -0.888. The van der Waals surface area contributed by atoms with Gasteiger partial charge in [-0.15, -0.1) is 0 Å². The first-order chi connectivity index (χ1) is 11.0. The lowest BCUT2D eigenvalue weighted by Gasteiger charge is -2.33. The molecule has 0 aromatic heterocycles. The molecule has 2 aromatic rings. The highest BCUT2D eigenvalue weighted by atomic mass is 35.5. The summed E-state index contributed by atoms with van der Waals surface area (Å²) in [5.74, 6) is -2.05. The first-order valence-electron chi connectivity index (χ1n) is 7.69. The number of amides is 1. The van der Waals surface area contributed by atoms with Crippen LogP contribution >= 0.6 is 11.6 Å². The maximum Gasteiger partial charge on any atom is 0.307 e. The predicted molar refractivity (Wildman–Crippen MR) is 89.4 cm³/mol. The second-order valence-electron chi connectivity index (χ2n) is 6.04. The summed E-state index contributed by atoms with van der Waals surface area (Å²) in [6.45, 7) is 1.90. The minimum Gasteiger partial charge on any atom is -0.481 e. The highest BCUT2D eigenvalue weighted by Gasteiger charge is 2.41. The Kier molecular flexibility index (Phi) is 4.26. The Balaban J connectivity index is 1.81. The molecule has 2 aromatic carbocycles. The molecule has 5 heteroatoms. The number of hydrogen-bond acceptors (Lipinski definition) is 2. The molecule has 0 spiro atoms. The molecule has 1 aliphatic carbocycles. The number of hydrogen-bond donors (Lipinski definition) is 2. The second-order valence-corrected chi connectivity index (χ2v) is 6.45. The van der Waals surface area contributed by atoms with E-state index in [-0.39, 0.29) is 11.9 Å². The molecule has 3 rings (SSSR count). The topological polar surface area (TPSA) is 66.4 Å². The number of halogens is 1. The van der Waals surface area contributed by atoms with E-state index < -0.39 is 17.8 Å². The molecule has 23 heavy (non-hydrogen) atoms. The van der Waals surface area contributed by atoms with Gasteiger partial charge in [0.1, 0.15) is 0 Å². The van der Waals surface area contributed by atoms with Crippen LogP contribution in [0.2, 0.25) is 5.02 Å². The smallest absolute Gasteiger partial charge is 0.307 e. The van der Waals surface area contributed by atoms with Gasteiger partial charge in [0, 0.05) is 10.4 Å². The Morgan fingerprint density at radius 2 is 1.78 bits per heavy atom. The van der Waals surface area contributed by atoms with Gasteiger partial charge >= 0.3 is 5.97 Å². The van der Waals surface area contributed by atoms with Crippen molar-refractivity contribution >= 4 is 34.2 Å². The van der Waals surface area contributed by atoms with Gasteiger partial charge < -0.3 is 10.4 Å². The number of nitrogens with one attached hydrogen (secondary N) is 1. The van der Waals surface area contributed by atoms with Crippen molar-refractivity contribution in [2.45, 2.75) is 25.8 Å². The van der Waals surface area contributed by atoms with Gasteiger partial charge in [-0.25, -0.2) is 0 Å². The molecule has 1 aliphatic rings. The van der Waals surface area contributed by atoms with Crippen molar-refractivity contribution in [2.24, 2.45) is 11.8 Å². The van der Waals surface area contributed by atoms with Crippen molar-refractivity contribution in [3.63, 3.8) is 0 Å². The van der Waals surface area contributed by atoms with Crippen LogP contribution in [0.1, 0.15) is 31.4 Å². The largest absolute Gasteiger partial charge is 0.481 e. The summed E-state index contributed by atoms with van der Waals surface area (Å²) >= 11 is 6.22. The molecular weight excluding hydrogens is 314 g/mol. The van der Waals surface area contributed by atoms with E-state index in [0.29, 0.717) is 17.9 Å². The Bertz CT molecular complexity index is 774. The van der Waals surface area contributed by atoms with E-state index >= 15 is 0 Å². The van der Waals surface area contributed by atoms with Gasteiger partial charge in [0.05, 0.1) is 17.9 Å². The number of rotatable bonds is 4. The summed E-state index contributed by atoms with van der Waals surface area (Å²) in [6.07, 6.45) is 1.21. The summed E-state index contributed by atoms with van der Waals surface area (Å²) < 4.78 is 0. The van der Waals surface area contributed by atoms with Crippen LogP contribution in [0, 0.1) is 11.8 Å². The van der Waals surface area contributed by atoms with Crippen molar-refractivity contribution in [1.82, 2.24) is 5.32 Å². The number of benzene rings is 2. The summed E-state index contributed by atoms with van der Waals surface area (Å²) in [6, 6.07) is 11.3. The van der Waals surface area contributed by atoms with Crippen LogP contribution in [0.5, 0.6) is 0 Å². The van der Waals surface area contributed by atoms with Gasteiger partial charge in [0.15, 0.2) is 0 Å². The average molecular weight is 332 g/mol. The summed E-state index contributed by atoms with van der Waals surface area (Å²) in [4.78, 5) is 23.4. The summed E-state index contributed by atoms with van der Waals surface area (Å²) in [5, 5.41) is 14.6. The van der Waals surface area contributed by atoms with Gasteiger partial charge in [0.25, 0.3) is 0 Å². The quantitative estimate of drug-likeness (QED) is 0.896.